The van der Waals surface area contributed by atoms with E-state index in [1.54, 1.807) is 23.7 Å². The molecule has 0 atom stereocenters. The van der Waals surface area contributed by atoms with E-state index in [4.69, 9.17) is 4.42 Å². The molecule has 3 aromatic heterocycles. The average molecular weight is 389 g/mol. The summed E-state index contributed by atoms with van der Waals surface area (Å²) in [6, 6.07) is 10.1. The van der Waals surface area contributed by atoms with Crippen molar-refractivity contribution in [3.8, 4) is 33.6 Å². The highest BCUT2D eigenvalue weighted by molar-refractivity contribution is 7.13. The Morgan fingerprint density at radius 1 is 1.00 bits per heavy atom. The Kier molecular flexibility index (Phi) is 4.75. The number of rotatable bonds is 5. The largest absolute Gasteiger partial charge is 0.414 e. The Morgan fingerprint density at radius 2 is 1.71 bits per heavy atom. The summed E-state index contributed by atoms with van der Waals surface area (Å²) in [5.41, 5.74) is 5.37. The molecule has 0 aliphatic carbocycles. The third-order valence-corrected chi connectivity index (χ3v) is 5.39. The van der Waals surface area contributed by atoms with Gasteiger partial charge in [0.1, 0.15) is 5.69 Å². The van der Waals surface area contributed by atoms with E-state index in [1.807, 2.05) is 61.6 Å². The second kappa shape index (κ2) is 7.36. The predicted octanol–water partition coefficient (Wildman–Crippen LogP) is 4.76. The number of nitrogens with zero attached hydrogens (tertiary/aromatic N) is 5. The Morgan fingerprint density at radius 3 is 2.39 bits per heavy atom. The molecule has 3 heterocycles. The first-order valence-corrected chi connectivity index (χ1v) is 9.58. The van der Waals surface area contributed by atoms with Gasteiger partial charge in [-0.2, -0.15) is 0 Å². The van der Waals surface area contributed by atoms with Gasteiger partial charge in [0.25, 0.3) is 11.8 Å². The van der Waals surface area contributed by atoms with Gasteiger partial charge in [-0.25, -0.2) is 4.98 Å². The van der Waals surface area contributed by atoms with E-state index in [1.165, 1.54) is 0 Å². The van der Waals surface area contributed by atoms with Crippen LogP contribution in [-0.4, -0.2) is 39.2 Å². The smallest absolute Gasteiger partial charge is 0.268 e. The molecule has 4 aromatic rings. The Bertz CT molecular complexity index is 1130. The molecule has 7 heteroatoms. The molecule has 0 radical (unpaired) electrons. The molecule has 1 aromatic carbocycles. The number of hydrogen-bond acceptors (Lipinski definition) is 7. The third kappa shape index (κ3) is 3.44. The molecule has 0 saturated heterocycles. The van der Waals surface area contributed by atoms with Crippen molar-refractivity contribution in [1.29, 1.82) is 0 Å². The summed E-state index contributed by atoms with van der Waals surface area (Å²) in [5, 5.41) is 10.3. The minimum atomic E-state index is 0.356. The first kappa shape index (κ1) is 18.1. The number of hydrogen-bond donors (Lipinski definition) is 0. The van der Waals surface area contributed by atoms with Crippen molar-refractivity contribution in [3.05, 3.63) is 65.8 Å². The standard InChI is InChI=1S/C21H19N5OS/c1-13-9-10-28-19(13)21-25-24-20(27-21)18-12-22-11-17(23-18)16-7-5-15(6-8-16)14(2)26(3)4/h5-12H,2H2,1,3-4H3. The lowest BCUT2D eigenvalue weighted by Crippen LogP contribution is -2.08. The van der Waals surface area contributed by atoms with Gasteiger partial charge in [-0.15, -0.1) is 21.5 Å². The fourth-order valence-corrected chi connectivity index (χ4v) is 3.56. The molecule has 4 rings (SSSR count). The molecule has 0 spiro atoms. The maximum absolute atomic E-state index is 5.83. The van der Waals surface area contributed by atoms with Crippen molar-refractivity contribution in [3.63, 3.8) is 0 Å². The van der Waals surface area contributed by atoms with E-state index >= 15 is 0 Å². The lowest BCUT2D eigenvalue weighted by Gasteiger charge is -2.15. The quantitative estimate of drug-likeness (QED) is 0.490. The van der Waals surface area contributed by atoms with E-state index in [9.17, 15) is 0 Å². The van der Waals surface area contributed by atoms with Gasteiger partial charge in [0.15, 0.2) is 0 Å². The highest BCUT2D eigenvalue weighted by Gasteiger charge is 2.15. The Labute approximate surface area is 167 Å². The van der Waals surface area contributed by atoms with Crippen molar-refractivity contribution in [2.75, 3.05) is 14.1 Å². The van der Waals surface area contributed by atoms with Gasteiger partial charge in [0.2, 0.25) is 0 Å². The minimum Gasteiger partial charge on any atom is -0.414 e. The van der Waals surface area contributed by atoms with Crippen LogP contribution in [0.5, 0.6) is 0 Å². The molecule has 6 nitrogen and oxygen atoms in total. The molecule has 28 heavy (non-hydrogen) atoms. The fraction of sp³-hybridized carbons (Fsp3) is 0.143. The first-order valence-electron chi connectivity index (χ1n) is 8.70. The number of thiophene rings is 1. The second-order valence-corrected chi connectivity index (χ2v) is 7.47. The van der Waals surface area contributed by atoms with Gasteiger partial charge in [0, 0.05) is 25.4 Å². The van der Waals surface area contributed by atoms with Crippen LogP contribution < -0.4 is 0 Å². The molecule has 0 amide bonds. The van der Waals surface area contributed by atoms with Crippen molar-refractivity contribution < 1.29 is 4.42 Å². The molecule has 0 aliphatic rings. The van der Waals surface area contributed by atoms with Gasteiger partial charge >= 0.3 is 0 Å². The van der Waals surface area contributed by atoms with Crippen molar-refractivity contribution in [2.45, 2.75) is 6.92 Å². The van der Waals surface area contributed by atoms with E-state index < -0.39 is 0 Å². The molecule has 0 bridgehead atoms. The highest BCUT2D eigenvalue weighted by atomic mass is 32.1. The molecule has 0 N–H and O–H groups in total. The van der Waals surface area contributed by atoms with E-state index in [-0.39, 0.29) is 0 Å². The van der Waals surface area contributed by atoms with Crippen LogP contribution in [0.1, 0.15) is 11.1 Å². The molecule has 0 saturated carbocycles. The zero-order valence-corrected chi connectivity index (χ0v) is 16.7. The van der Waals surface area contributed by atoms with Crippen LogP contribution in [0.3, 0.4) is 0 Å². The van der Waals surface area contributed by atoms with Gasteiger partial charge in [-0.3, -0.25) is 4.98 Å². The van der Waals surface area contributed by atoms with Crippen LogP contribution in [0, 0.1) is 6.92 Å². The maximum Gasteiger partial charge on any atom is 0.268 e. The monoisotopic (exact) mass is 389 g/mol. The van der Waals surface area contributed by atoms with Crippen molar-refractivity contribution in [1.82, 2.24) is 25.1 Å². The zero-order chi connectivity index (χ0) is 19.7. The average Bonchev–Trinajstić information content (AvgIpc) is 3.36. The summed E-state index contributed by atoms with van der Waals surface area (Å²) in [6.45, 7) is 6.10. The van der Waals surface area contributed by atoms with Crippen molar-refractivity contribution >= 4 is 17.0 Å². The number of benzene rings is 1. The fourth-order valence-electron chi connectivity index (χ4n) is 2.71. The van der Waals surface area contributed by atoms with Crippen LogP contribution in [0.15, 0.2) is 59.1 Å². The molecule has 140 valence electrons. The lowest BCUT2D eigenvalue weighted by atomic mass is 10.1. The molecule has 0 fully saturated rings. The van der Waals surface area contributed by atoms with E-state index in [0.29, 0.717) is 17.5 Å². The number of aryl methyl sites for hydroxylation is 1. The normalized spacial score (nSPS) is 10.8. The van der Waals surface area contributed by atoms with Crippen LogP contribution >= 0.6 is 11.3 Å². The topological polar surface area (TPSA) is 67.9 Å². The summed E-state index contributed by atoms with van der Waals surface area (Å²) in [5.74, 6) is 0.857. The highest BCUT2D eigenvalue weighted by Crippen LogP contribution is 2.30. The number of aromatic nitrogens is 4. The van der Waals surface area contributed by atoms with Crippen LogP contribution in [-0.2, 0) is 0 Å². The molecular formula is C21H19N5OS. The summed E-state index contributed by atoms with van der Waals surface area (Å²) < 4.78 is 5.83. The lowest BCUT2D eigenvalue weighted by molar-refractivity contribution is 0.583. The predicted molar refractivity (Wildman–Crippen MR) is 112 cm³/mol. The first-order chi connectivity index (χ1) is 13.5. The minimum absolute atomic E-state index is 0.356. The molecule has 0 unspecified atom stereocenters. The Balaban J connectivity index is 1.63. The van der Waals surface area contributed by atoms with Crippen molar-refractivity contribution in [2.24, 2.45) is 0 Å². The SMILES string of the molecule is C=C(c1ccc(-c2cncc(-c3nnc(-c4sccc4C)o3)n2)cc1)N(C)C. The second-order valence-electron chi connectivity index (χ2n) is 6.55. The van der Waals surface area contributed by atoms with E-state index in [2.05, 4.69) is 26.7 Å². The molecule has 0 aliphatic heterocycles. The summed E-state index contributed by atoms with van der Waals surface area (Å²) in [6.07, 6.45) is 3.35. The van der Waals surface area contributed by atoms with Gasteiger partial charge in [-0.1, -0.05) is 30.8 Å². The third-order valence-electron chi connectivity index (χ3n) is 4.39. The van der Waals surface area contributed by atoms with Gasteiger partial charge in [-0.05, 0) is 29.5 Å². The summed E-state index contributed by atoms with van der Waals surface area (Å²) >= 11 is 1.57. The summed E-state index contributed by atoms with van der Waals surface area (Å²) in [4.78, 5) is 11.9. The van der Waals surface area contributed by atoms with Gasteiger partial charge < -0.3 is 9.32 Å². The van der Waals surface area contributed by atoms with Crippen LogP contribution in [0.25, 0.3) is 39.3 Å². The molecular weight excluding hydrogens is 370 g/mol. The zero-order valence-electron chi connectivity index (χ0n) is 15.9. The van der Waals surface area contributed by atoms with E-state index in [0.717, 1.165) is 33.0 Å². The Hall–Kier alpha value is -3.32. The maximum atomic E-state index is 5.83. The summed E-state index contributed by atoms with van der Waals surface area (Å²) in [7, 11) is 3.95. The van der Waals surface area contributed by atoms with Crippen LogP contribution in [0.4, 0.5) is 0 Å². The van der Waals surface area contributed by atoms with Crippen LogP contribution in [0.2, 0.25) is 0 Å². The van der Waals surface area contributed by atoms with Gasteiger partial charge in [0.05, 0.1) is 23.0 Å².